The third-order valence-electron chi connectivity index (χ3n) is 2.84. The summed E-state index contributed by atoms with van der Waals surface area (Å²) in [4.78, 5) is 18.9. The minimum absolute atomic E-state index is 0.0798. The molecule has 0 aliphatic carbocycles. The standard InChI is InChI=1S/C11H16F2N4O2/c12-10(13)5-19-2-1-14-11(18)8-3-7-9(4-15-8)17-6-16-7/h6,8,10,15H,1-5H2,(H,14,18)(H,16,17). The van der Waals surface area contributed by atoms with Gasteiger partial charge in [0.2, 0.25) is 5.91 Å². The van der Waals surface area contributed by atoms with Gasteiger partial charge in [-0.15, -0.1) is 0 Å². The maximum absolute atomic E-state index is 11.8. The average molecular weight is 274 g/mol. The molecule has 106 valence electrons. The second-order valence-corrected chi connectivity index (χ2v) is 4.22. The number of hydrogen-bond acceptors (Lipinski definition) is 4. The van der Waals surface area contributed by atoms with E-state index in [4.69, 9.17) is 0 Å². The molecule has 1 amide bonds. The highest BCUT2D eigenvalue weighted by Crippen LogP contribution is 2.11. The highest BCUT2D eigenvalue weighted by atomic mass is 19.3. The van der Waals surface area contributed by atoms with E-state index in [1.165, 1.54) is 0 Å². The summed E-state index contributed by atoms with van der Waals surface area (Å²) >= 11 is 0. The Labute approximate surface area is 108 Å². The molecule has 0 spiro atoms. The minimum Gasteiger partial charge on any atom is -0.374 e. The van der Waals surface area contributed by atoms with Gasteiger partial charge in [-0.25, -0.2) is 13.8 Å². The predicted molar refractivity (Wildman–Crippen MR) is 62.8 cm³/mol. The Kier molecular flexibility index (Phi) is 4.80. The normalized spacial score (nSPS) is 18.4. The molecule has 0 saturated heterocycles. The Hall–Kier alpha value is -1.54. The molecular weight excluding hydrogens is 258 g/mol. The molecule has 2 heterocycles. The number of ether oxygens (including phenoxy) is 1. The lowest BCUT2D eigenvalue weighted by Gasteiger charge is -2.22. The number of halogens is 2. The van der Waals surface area contributed by atoms with Crippen LogP contribution in [0.5, 0.6) is 0 Å². The van der Waals surface area contributed by atoms with Crippen LogP contribution in [0, 0.1) is 0 Å². The zero-order valence-corrected chi connectivity index (χ0v) is 10.3. The predicted octanol–water partition coefficient (Wildman–Crippen LogP) is -0.178. The second-order valence-electron chi connectivity index (χ2n) is 4.22. The van der Waals surface area contributed by atoms with Crippen LogP contribution in [0.25, 0.3) is 0 Å². The summed E-state index contributed by atoms with van der Waals surface area (Å²) in [5.41, 5.74) is 1.87. The van der Waals surface area contributed by atoms with Gasteiger partial charge in [0, 0.05) is 19.5 Å². The van der Waals surface area contributed by atoms with Gasteiger partial charge < -0.3 is 15.0 Å². The SMILES string of the molecule is O=C(NCCOCC(F)F)C1Cc2nc[nH]c2CN1. The van der Waals surface area contributed by atoms with Crippen LogP contribution >= 0.6 is 0 Å². The molecule has 1 aromatic heterocycles. The Bertz CT molecular complexity index is 425. The third-order valence-corrected chi connectivity index (χ3v) is 2.84. The number of rotatable bonds is 6. The third kappa shape index (κ3) is 3.97. The number of hydrogen-bond donors (Lipinski definition) is 3. The van der Waals surface area contributed by atoms with Crippen LogP contribution in [-0.4, -0.2) is 48.1 Å². The zero-order valence-electron chi connectivity index (χ0n) is 10.3. The van der Waals surface area contributed by atoms with Gasteiger partial charge in [-0.05, 0) is 0 Å². The molecule has 1 aliphatic heterocycles. The van der Waals surface area contributed by atoms with Crippen molar-refractivity contribution in [2.75, 3.05) is 19.8 Å². The number of aromatic nitrogens is 2. The van der Waals surface area contributed by atoms with E-state index < -0.39 is 13.0 Å². The van der Waals surface area contributed by atoms with Gasteiger partial charge in [-0.1, -0.05) is 0 Å². The van der Waals surface area contributed by atoms with E-state index in [2.05, 4.69) is 25.3 Å². The number of fused-ring (bicyclic) bond motifs is 1. The van der Waals surface area contributed by atoms with Gasteiger partial charge in [-0.3, -0.25) is 10.1 Å². The largest absolute Gasteiger partial charge is 0.374 e. The van der Waals surface area contributed by atoms with E-state index >= 15 is 0 Å². The van der Waals surface area contributed by atoms with Crippen LogP contribution in [0.15, 0.2) is 6.33 Å². The van der Waals surface area contributed by atoms with E-state index in [1.54, 1.807) is 6.33 Å². The fraction of sp³-hybridized carbons (Fsp3) is 0.636. The summed E-state index contributed by atoms with van der Waals surface area (Å²) in [5.74, 6) is -0.172. The van der Waals surface area contributed by atoms with Crippen molar-refractivity contribution in [1.29, 1.82) is 0 Å². The number of H-pyrrole nitrogens is 1. The molecule has 6 nitrogen and oxygen atoms in total. The lowest BCUT2D eigenvalue weighted by atomic mass is 10.1. The second kappa shape index (κ2) is 6.58. The summed E-state index contributed by atoms with van der Waals surface area (Å²) in [5, 5.41) is 5.72. The number of carbonyl (C=O) groups is 1. The maximum atomic E-state index is 11.8. The number of amides is 1. The van der Waals surface area contributed by atoms with Gasteiger partial charge in [0.05, 0.1) is 30.4 Å². The molecule has 1 aliphatic rings. The first-order chi connectivity index (χ1) is 9.16. The Morgan fingerprint density at radius 3 is 3.26 bits per heavy atom. The van der Waals surface area contributed by atoms with Crippen LogP contribution in [0.3, 0.4) is 0 Å². The van der Waals surface area contributed by atoms with E-state index in [-0.39, 0.29) is 25.1 Å². The first-order valence-corrected chi connectivity index (χ1v) is 6.05. The van der Waals surface area contributed by atoms with Gasteiger partial charge in [-0.2, -0.15) is 0 Å². The minimum atomic E-state index is -2.48. The molecule has 0 aromatic carbocycles. The van der Waals surface area contributed by atoms with Gasteiger partial charge in [0.25, 0.3) is 6.43 Å². The highest BCUT2D eigenvalue weighted by Gasteiger charge is 2.25. The number of carbonyl (C=O) groups excluding carboxylic acids is 1. The van der Waals surface area contributed by atoms with Crippen molar-refractivity contribution in [3.05, 3.63) is 17.7 Å². The average Bonchev–Trinajstić information content (AvgIpc) is 2.84. The zero-order chi connectivity index (χ0) is 13.7. The van der Waals surface area contributed by atoms with Crippen LogP contribution in [-0.2, 0) is 22.5 Å². The lowest BCUT2D eigenvalue weighted by Crippen LogP contribution is -2.48. The summed E-state index contributed by atoms with van der Waals surface area (Å²) < 4.78 is 28.3. The molecule has 1 unspecified atom stereocenters. The molecule has 3 N–H and O–H groups in total. The summed E-state index contributed by atoms with van der Waals surface area (Å²) in [6.45, 7) is 0.261. The fourth-order valence-corrected chi connectivity index (χ4v) is 1.90. The van der Waals surface area contributed by atoms with Gasteiger partial charge >= 0.3 is 0 Å². The smallest absolute Gasteiger partial charge is 0.261 e. The fourth-order valence-electron chi connectivity index (χ4n) is 1.90. The molecule has 0 fully saturated rings. The molecular formula is C11H16F2N4O2. The van der Waals surface area contributed by atoms with Crippen LogP contribution in [0.2, 0.25) is 0 Å². The molecule has 0 bridgehead atoms. The monoisotopic (exact) mass is 274 g/mol. The Morgan fingerprint density at radius 1 is 1.63 bits per heavy atom. The van der Waals surface area contributed by atoms with Crippen molar-refractivity contribution in [2.24, 2.45) is 0 Å². The van der Waals surface area contributed by atoms with Crippen LogP contribution in [0.1, 0.15) is 11.4 Å². The lowest BCUT2D eigenvalue weighted by molar-refractivity contribution is -0.123. The Morgan fingerprint density at radius 2 is 2.47 bits per heavy atom. The quantitative estimate of drug-likeness (QED) is 0.629. The van der Waals surface area contributed by atoms with Crippen molar-refractivity contribution < 1.29 is 18.3 Å². The molecule has 1 aromatic rings. The van der Waals surface area contributed by atoms with E-state index in [1.807, 2.05) is 0 Å². The molecule has 19 heavy (non-hydrogen) atoms. The molecule has 0 saturated carbocycles. The summed E-state index contributed by atoms with van der Waals surface area (Å²) in [7, 11) is 0. The van der Waals surface area contributed by atoms with Crippen molar-refractivity contribution in [3.63, 3.8) is 0 Å². The number of aromatic amines is 1. The Balaban J connectivity index is 1.67. The van der Waals surface area contributed by atoms with Crippen molar-refractivity contribution >= 4 is 5.91 Å². The number of nitrogens with one attached hydrogen (secondary N) is 3. The molecule has 8 heteroatoms. The first kappa shape index (κ1) is 13.9. The molecule has 2 rings (SSSR count). The van der Waals surface area contributed by atoms with Crippen LogP contribution < -0.4 is 10.6 Å². The molecule has 0 radical (unpaired) electrons. The summed E-state index contributed by atoms with van der Waals surface area (Å²) in [6.07, 6.45) is -0.360. The highest BCUT2D eigenvalue weighted by molar-refractivity contribution is 5.82. The topological polar surface area (TPSA) is 79.0 Å². The van der Waals surface area contributed by atoms with Crippen molar-refractivity contribution in [1.82, 2.24) is 20.6 Å². The van der Waals surface area contributed by atoms with Crippen molar-refractivity contribution in [2.45, 2.75) is 25.4 Å². The summed E-state index contributed by atoms with van der Waals surface area (Å²) in [6, 6.07) is -0.342. The van der Waals surface area contributed by atoms with Crippen molar-refractivity contribution in [3.8, 4) is 0 Å². The number of imidazole rings is 1. The number of nitrogens with zero attached hydrogens (tertiary/aromatic N) is 1. The molecule has 1 atom stereocenters. The van der Waals surface area contributed by atoms with Crippen LogP contribution in [0.4, 0.5) is 8.78 Å². The van der Waals surface area contributed by atoms with E-state index in [9.17, 15) is 13.6 Å². The van der Waals surface area contributed by atoms with Gasteiger partial charge in [0.1, 0.15) is 6.61 Å². The van der Waals surface area contributed by atoms with Gasteiger partial charge in [0.15, 0.2) is 0 Å². The van der Waals surface area contributed by atoms with E-state index in [0.29, 0.717) is 13.0 Å². The number of alkyl halides is 2. The first-order valence-electron chi connectivity index (χ1n) is 6.05. The maximum Gasteiger partial charge on any atom is 0.261 e. The van der Waals surface area contributed by atoms with E-state index in [0.717, 1.165) is 11.4 Å².